The summed E-state index contributed by atoms with van der Waals surface area (Å²) in [5, 5.41) is 0. The van der Waals surface area contributed by atoms with Crippen molar-refractivity contribution < 1.29 is 0 Å². The average Bonchev–Trinajstić information content (AvgIpc) is 2.01. The highest BCUT2D eigenvalue weighted by Gasteiger charge is 2.14. The van der Waals surface area contributed by atoms with Gasteiger partial charge in [-0.05, 0) is 19.7 Å². The number of rotatable bonds is 6. The molecule has 0 amide bonds. The number of likely N-dealkylation sites (N-methyl/N-ethyl adjacent to an activating group) is 1. The number of hydrogen-bond donors (Lipinski definition) is 1. The third-order valence-electron chi connectivity index (χ3n) is 1.90. The summed E-state index contributed by atoms with van der Waals surface area (Å²) in [4.78, 5) is 2.83. The molecule has 0 radical (unpaired) electrons. The van der Waals surface area contributed by atoms with Crippen LogP contribution in [0.4, 0.5) is 0 Å². The van der Waals surface area contributed by atoms with Crippen molar-refractivity contribution in [3.63, 3.8) is 0 Å². The third-order valence-corrected chi connectivity index (χ3v) is 2.76. The predicted molar refractivity (Wildman–Crippen MR) is 61.9 cm³/mol. The van der Waals surface area contributed by atoms with Gasteiger partial charge in [0.2, 0.25) is 0 Å². The fourth-order valence-electron chi connectivity index (χ4n) is 1.12. The Morgan fingerprint density at radius 3 is 2.58 bits per heavy atom. The number of nitrogens with two attached hydrogens (primary N) is 1. The van der Waals surface area contributed by atoms with Crippen LogP contribution >= 0.6 is 24.0 Å². The lowest BCUT2D eigenvalue weighted by molar-refractivity contribution is 0.310. The molecule has 0 aromatic rings. The first-order valence-electron chi connectivity index (χ1n) is 4.12. The number of thiocarbonyl (C=S) groups is 1. The van der Waals surface area contributed by atoms with Crippen LogP contribution in [-0.4, -0.2) is 41.5 Å². The van der Waals surface area contributed by atoms with Gasteiger partial charge in [-0.3, -0.25) is 4.90 Å². The van der Waals surface area contributed by atoms with Gasteiger partial charge in [0.25, 0.3) is 0 Å². The van der Waals surface area contributed by atoms with E-state index in [2.05, 4.69) is 25.1 Å². The van der Waals surface area contributed by atoms with Crippen molar-refractivity contribution in [2.45, 2.75) is 19.4 Å². The smallest absolute Gasteiger partial charge is 0.0901 e. The van der Waals surface area contributed by atoms with E-state index >= 15 is 0 Å². The van der Waals surface area contributed by atoms with E-state index in [1.165, 1.54) is 0 Å². The molecule has 0 aliphatic rings. The van der Waals surface area contributed by atoms with E-state index in [9.17, 15) is 0 Å². The molecule has 0 fully saturated rings. The second-order valence-corrected chi connectivity index (χ2v) is 4.26. The number of thioether (sulfide) groups is 1. The molecular weight excluding hydrogens is 188 g/mol. The van der Waals surface area contributed by atoms with Crippen molar-refractivity contribution in [1.82, 2.24) is 4.90 Å². The fraction of sp³-hybridized carbons (Fsp3) is 0.875. The maximum atomic E-state index is 5.60. The average molecular weight is 206 g/mol. The quantitative estimate of drug-likeness (QED) is 0.664. The Bertz CT molecular complexity index is 139. The second kappa shape index (κ2) is 6.69. The van der Waals surface area contributed by atoms with Crippen LogP contribution in [0, 0.1) is 0 Å². The van der Waals surface area contributed by atoms with Crippen molar-refractivity contribution in [3.8, 4) is 0 Å². The normalized spacial score (nSPS) is 13.3. The van der Waals surface area contributed by atoms with Crippen LogP contribution in [0.15, 0.2) is 0 Å². The van der Waals surface area contributed by atoms with Crippen LogP contribution in [-0.2, 0) is 0 Å². The SMILES string of the molecule is CCC(C(N)=S)N(C)CCSC. The molecule has 0 saturated heterocycles. The van der Waals surface area contributed by atoms with E-state index < -0.39 is 0 Å². The van der Waals surface area contributed by atoms with Gasteiger partial charge in [-0.25, -0.2) is 0 Å². The Morgan fingerprint density at radius 1 is 1.67 bits per heavy atom. The zero-order valence-electron chi connectivity index (χ0n) is 8.04. The monoisotopic (exact) mass is 206 g/mol. The van der Waals surface area contributed by atoms with E-state index in [0.29, 0.717) is 4.99 Å². The van der Waals surface area contributed by atoms with Crippen molar-refractivity contribution in [2.24, 2.45) is 5.73 Å². The molecule has 0 aromatic heterocycles. The zero-order valence-corrected chi connectivity index (χ0v) is 9.67. The maximum Gasteiger partial charge on any atom is 0.0901 e. The van der Waals surface area contributed by atoms with Gasteiger partial charge in [-0.2, -0.15) is 11.8 Å². The Labute approximate surface area is 84.9 Å². The van der Waals surface area contributed by atoms with E-state index in [1.54, 1.807) is 0 Å². The lowest BCUT2D eigenvalue weighted by Gasteiger charge is -2.25. The Hall–Kier alpha value is 0.200. The molecular formula is C8H18N2S2. The summed E-state index contributed by atoms with van der Waals surface area (Å²) in [6.07, 6.45) is 3.11. The minimum absolute atomic E-state index is 0.271. The summed E-state index contributed by atoms with van der Waals surface area (Å²) in [6.45, 7) is 3.16. The first-order chi connectivity index (χ1) is 5.63. The molecule has 0 saturated carbocycles. The fourth-order valence-corrected chi connectivity index (χ4v) is 1.94. The summed E-state index contributed by atoms with van der Waals surface area (Å²) in [6, 6.07) is 0.271. The molecule has 0 heterocycles. The highest BCUT2D eigenvalue weighted by atomic mass is 32.2. The highest BCUT2D eigenvalue weighted by Crippen LogP contribution is 2.03. The minimum Gasteiger partial charge on any atom is -0.392 e. The predicted octanol–water partition coefficient (Wildman–Crippen LogP) is 1.35. The molecule has 72 valence electrons. The van der Waals surface area contributed by atoms with Crippen LogP contribution in [0.1, 0.15) is 13.3 Å². The van der Waals surface area contributed by atoms with Crippen LogP contribution in [0.2, 0.25) is 0 Å². The summed E-state index contributed by atoms with van der Waals surface area (Å²) in [5.41, 5.74) is 5.60. The van der Waals surface area contributed by atoms with Gasteiger partial charge >= 0.3 is 0 Å². The number of hydrogen-bond acceptors (Lipinski definition) is 3. The molecule has 0 aliphatic heterocycles. The largest absolute Gasteiger partial charge is 0.392 e. The summed E-state index contributed by atoms with van der Waals surface area (Å²) < 4.78 is 0. The standard InChI is InChI=1S/C8H18N2S2/c1-4-7(8(9)11)10(2)5-6-12-3/h7H,4-6H2,1-3H3,(H2,9,11). The molecule has 2 N–H and O–H groups in total. The lowest BCUT2D eigenvalue weighted by Crippen LogP contribution is -2.42. The summed E-state index contributed by atoms with van der Waals surface area (Å²) >= 11 is 6.82. The summed E-state index contributed by atoms with van der Waals surface area (Å²) in [7, 11) is 2.07. The molecule has 0 spiro atoms. The first-order valence-corrected chi connectivity index (χ1v) is 5.92. The van der Waals surface area contributed by atoms with Crippen molar-refractivity contribution in [2.75, 3.05) is 25.6 Å². The van der Waals surface area contributed by atoms with Crippen molar-refractivity contribution in [1.29, 1.82) is 0 Å². The molecule has 2 nitrogen and oxygen atoms in total. The molecule has 0 aromatic carbocycles. The molecule has 0 bridgehead atoms. The molecule has 0 rings (SSSR count). The Morgan fingerprint density at radius 2 is 2.25 bits per heavy atom. The van der Waals surface area contributed by atoms with Crippen LogP contribution in [0.3, 0.4) is 0 Å². The third kappa shape index (κ3) is 4.28. The Kier molecular flexibility index (Phi) is 6.80. The van der Waals surface area contributed by atoms with Gasteiger partial charge in [-0.1, -0.05) is 19.1 Å². The molecule has 0 aliphatic carbocycles. The Balaban J connectivity index is 3.85. The summed E-state index contributed by atoms with van der Waals surface area (Å²) in [5.74, 6) is 1.13. The molecule has 1 unspecified atom stereocenters. The first kappa shape index (κ1) is 12.2. The van der Waals surface area contributed by atoms with Gasteiger partial charge in [0.15, 0.2) is 0 Å². The number of nitrogens with zero attached hydrogens (tertiary/aromatic N) is 1. The van der Waals surface area contributed by atoms with E-state index in [-0.39, 0.29) is 6.04 Å². The van der Waals surface area contributed by atoms with Crippen molar-refractivity contribution in [3.05, 3.63) is 0 Å². The van der Waals surface area contributed by atoms with Crippen LogP contribution < -0.4 is 5.73 Å². The molecule has 1 atom stereocenters. The van der Waals surface area contributed by atoms with Crippen LogP contribution in [0.5, 0.6) is 0 Å². The maximum absolute atomic E-state index is 5.60. The molecule has 4 heteroatoms. The van der Waals surface area contributed by atoms with E-state index in [4.69, 9.17) is 18.0 Å². The van der Waals surface area contributed by atoms with Gasteiger partial charge in [0, 0.05) is 12.3 Å². The van der Waals surface area contributed by atoms with E-state index in [0.717, 1.165) is 18.7 Å². The minimum atomic E-state index is 0.271. The van der Waals surface area contributed by atoms with Crippen LogP contribution in [0.25, 0.3) is 0 Å². The van der Waals surface area contributed by atoms with E-state index in [1.807, 2.05) is 11.8 Å². The van der Waals surface area contributed by atoms with Gasteiger partial charge in [0.05, 0.1) is 11.0 Å². The lowest BCUT2D eigenvalue weighted by atomic mass is 10.2. The second-order valence-electron chi connectivity index (χ2n) is 2.80. The highest BCUT2D eigenvalue weighted by molar-refractivity contribution is 7.98. The van der Waals surface area contributed by atoms with Crippen molar-refractivity contribution >= 4 is 29.0 Å². The topological polar surface area (TPSA) is 29.3 Å². The van der Waals surface area contributed by atoms with Gasteiger partial charge < -0.3 is 5.73 Å². The van der Waals surface area contributed by atoms with Gasteiger partial charge in [-0.15, -0.1) is 0 Å². The van der Waals surface area contributed by atoms with Gasteiger partial charge in [0.1, 0.15) is 0 Å². The zero-order chi connectivity index (χ0) is 9.56. The molecule has 12 heavy (non-hydrogen) atoms.